The molecule has 0 saturated carbocycles. The number of aryl methyl sites for hydroxylation is 1. The number of ether oxygens (including phenoxy) is 1. The molecule has 0 saturated heterocycles. The molecule has 0 amide bonds. The summed E-state index contributed by atoms with van der Waals surface area (Å²) in [7, 11) is 1.70. The third kappa shape index (κ3) is 1.78. The van der Waals surface area contributed by atoms with Crippen LogP contribution in [0.5, 0.6) is 5.75 Å². The van der Waals surface area contributed by atoms with Crippen molar-refractivity contribution >= 4 is 10.9 Å². The Labute approximate surface area is 106 Å². The molecular weight excluding hydrogens is 226 g/mol. The van der Waals surface area contributed by atoms with Gasteiger partial charge in [-0.1, -0.05) is 6.07 Å². The summed E-state index contributed by atoms with van der Waals surface area (Å²) in [6.07, 6.45) is 2.06. The van der Waals surface area contributed by atoms with Gasteiger partial charge < -0.3 is 13.7 Å². The minimum absolute atomic E-state index is 0.741. The molecule has 0 bridgehead atoms. The van der Waals surface area contributed by atoms with E-state index in [1.165, 1.54) is 0 Å². The largest absolute Gasteiger partial charge is 0.496 e. The van der Waals surface area contributed by atoms with Gasteiger partial charge in [0.25, 0.3) is 0 Å². The van der Waals surface area contributed by atoms with Crippen LogP contribution in [0.1, 0.15) is 11.5 Å². The number of benzene rings is 1. The topological polar surface area (TPSA) is 27.3 Å². The standard InChI is InChI=1S/C15H15NO2/c1-11-6-7-12(18-11)10-16-9-8-13-14(16)4-3-5-15(13)17-2/h3-9H,10H2,1-2H3. The second kappa shape index (κ2) is 4.26. The Morgan fingerprint density at radius 1 is 1.17 bits per heavy atom. The van der Waals surface area contributed by atoms with E-state index in [1.54, 1.807) is 7.11 Å². The Balaban J connectivity index is 2.02. The number of aromatic nitrogens is 1. The molecule has 92 valence electrons. The van der Waals surface area contributed by atoms with E-state index in [4.69, 9.17) is 9.15 Å². The Morgan fingerprint density at radius 2 is 2.06 bits per heavy atom. The minimum Gasteiger partial charge on any atom is -0.496 e. The second-order valence-corrected chi connectivity index (χ2v) is 4.35. The number of nitrogens with zero attached hydrogens (tertiary/aromatic N) is 1. The summed E-state index contributed by atoms with van der Waals surface area (Å²) in [6, 6.07) is 12.1. The Kier molecular flexibility index (Phi) is 2.59. The van der Waals surface area contributed by atoms with Gasteiger partial charge in [0.1, 0.15) is 17.3 Å². The fourth-order valence-electron chi connectivity index (χ4n) is 2.25. The van der Waals surface area contributed by atoms with Gasteiger partial charge in [0.15, 0.2) is 0 Å². The molecule has 0 N–H and O–H groups in total. The van der Waals surface area contributed by atoms with E-state index in [0.29, 0.717) is 0 Å². The van der Waals surface area contributed by atoms with E-state index < -0.39 is 0 Å². The van der Waals surface area contributed by atoms with Crippen LogP contribution in [0, 0.1) is 6.92 Å². The van der Waals surface area contributed by atoms with Gasteiger partial charge in [-0.25, -0.2) is 0 Å². The van der Waals surface area contributed by atoms with E-state index in [9.17, 15) is 0 Å². The van der Waals surface area contributed by atoms with Crippen molar-refractivity contribution in [2.45, 2.75) is 13.5 Å². The molecule has 0 spiro atoms. The normalized spacial score (nSPS) is 11.0. The van der Waals surface area contributed by atoms with Crippen LogP contribution in [-0.4, -0.2) is 11.7 Å². The average molecular weight is 241 g/mol. The highest BCUT2D eigenvalue weighted by Crippen LogP contribution is 2.26. The summed E-state index contributed by atoms with van der Waals surface area (Å²) < 4.78 is 13.1. The van der Waals surface area contributed by atoms with Gasteiger partial charge in [0.2, 0.25) is 0 Å². The zero-order chi connectivity index (χ0) is 12.5. The summed E-state index contributed by atoms with van der Waals surface area (Å²) in [5, 5.41) is 1.13. The molecule has 0 radical (unpaired) electrons. The molecule has 3 aromatic rings. The Bertz CT molecular complexity index is 679. The quantitative estimate of drug-likeness (QED) is 0.700. The van der Waals surface area contributed by atoms with Gasteiger partial charge in [-0.15, -0.1) is 0 Å². The van der Waals surface area contributed by atoms with E-state index in [1.807, 2.05) is 31.2 Å². The van der Waals surface area contributed by atoms with Gasteiger partial charge in [-0.3, -0.25) is 0 Å². The third-order valence-corrected chi connectivity index (χ3v) is 3.12. The summed E-state index contributed by atoms with van der Waals surface area (Å²) in [5.41, 5.74) is 1.16. The predicted octanol–water partition coefficient (Wildman–Crippen LogP) is 3.60. The van der Waals surface area contributed by atoms with Crippen molar-refractivity contribution in [3.05, 3.63) is 54.1 Å². The maximum Gasteiger partial charge on any atom is 0.128 e. The lowest BCUT2D eigenvalue weighted by molar-refractivity contribution is 0.420. The maximum absolute atomic E-state index is 5.61. The molecule has 2 heterocycles. The van der Waals surface area contributed by atoms with Crippen LogP contribution >= 0.6 is 0 Å². The highest BCUT2D eigenvalue weighted by atomic mass is 16.5. The average Bonchev–Trinajstić information content (AvgIpc) is 2.97. The van der Waals surface area contributed by atoms with Crippen molar-refractivity contribution < 1.29 is 9.15 Å². The molecule has 0 aliphatic carbocycles. The number of furan rings is 1. The van der Waals surface area contributed by atoms with Crippen molar-refractivity contribution in [1.29, 1.82) is 0 Å². The molecule has 0 fully saturated rings. The van der Waals surface area contributed by atoms with Gasteiger partial charge in [-0.2, -0.15) is 0 Å². The van der Waals surface area contributed by atoms with Gasteiger partial charge in [0, 0.05) is 11.6 Å². The first kappa shape index (κ1) is 11.0. The predicted molar refractivity (Wildman–Crippen MR) is 71.0 cm³/mol. The van der Waals surface area contributed by atoms with Crippen LogP contribution in [0.3, 0.4) is 0 Å². The number of hydrogen-bond acceptors (Lipinski definition) is 2. The molecule has 1 aromatic carbocycles. The minimum atomic E-state index is 0.741. The van der Waals surface area contributed by atoms with E-state index >= 15 is 0 Å². The van der Waals surface area contributed by atoms with Gasteiger partial charge in [0.05, 0.1) is 19.2 Å². The number of hydrogen-bond donors (Lipinski definition) is 0. The van der Waals surface area contributed by atoms with Crippen molar-refractivity contribution in [2.75, 3.05) is 7.11 Å². The lowest BCUT2D eigenvalue weighted by atomic mass is 10.2. The molecule has 3 rings (SSSR count). The number of rotatable bonds is 3. The first-order valence-corrected chi connectivity index (χ1v) is 5.95. The summed E-state index contributed by atoms with van der Waals surface area (Å²) in [4.78, 5) is 0. The number of fused-ring (bicyclic) bond motifs is 1. The van der Waals surface area contributed by atoms with Crippen molar-refractivity contribution in [1.82, 2.24) is 4.57 Å². The van der Waals surface area contributed by atoms with Gasteiger partial charge in [-0.05, 0) is 37.3 Å². The highest BCUT2D eigenvalue weighted by Gasteiger charge is 2.07. The summed E-state index contributed by atoms with van der Waals surface area (Å²) in [5.74, 6) is 2.81. The molecule has 0 atom stereocenters. The molecule has 0 aliphatic rings. The van der Waals surface area contributed by atoms with Crippen LogP contribution in [0.15, 0.2) is 47.0 Å². The monoisotopic (exact) mass is 241 g/mol. The third-order valence-electron chi connectivity index (χ3n) is 3.12. The summed E-state index contributed by atoms with van der Waals surface area (Å²) in [6.45, 7) is 2.70. The van der Waals surface area contributed by atoms with Crippen LogP contribution < -0.4 is 4.74 Å². The molecule has 18 heavy (non-hydrogen) atoms. The smallest absolute Gasteiger partial charge is 0.128 e. The maximum atomic E-state index is 5.61. The molecule has 0 aliphatic heterocycles. The summed E-state index contributed by atoms with van der Waals surface area (Å²) >= 11 is 0. The Morgan fingerprint density at radius 3 is 2.78 bits per heavy atom. The zero-order valence-corrected chi connectivity index (χ0v) is 10.5. The van der Waals surface area contributed by atoms with Crippen LogP contribution in [0.25, 0.3) is 10.9 Å². The molecule has 3 nitrogen and oxygen atoms in total. The second-order valence-electron chi connectivity index (χ2n) is 4.35. The van der Waals surface area contributed by atoms with E-state index in [-0.39, 0.29) is 0 Å². The molecular formula is C15H15NO2. The molecule has 3 heteroatoms. The first-order chi connectivity index (χ1) is 8.78. The zero-order valence-electron chi connectivity index (χ0n) is 10.5. The number of methoxy groups -OCH3 is 1. The van der Waals surface area contributed by atoms with Crippen LogP contribution in [0.2, 0.25) is 0 Å². The molecule has 0 unspecified atom stereocenters. The van der Waals surface area contributed by atoms with E-state index in [2.05, 4.69) is 22.9 Å². The lowest BCUT2D eigenvalue weighted by Gasteiger charge is -2.05. The first-order valence-electron chi connectivity index (χ1n) is 5.95. The fraction of sp³-hybridized carbons (Fsp3) is 0.200. The fourth-order valence-corrected chi connectivity index (χ4v) is 2.25. The van der Waals surface area contributed by atoms with Crippen molar-refractivity contribution in [3.8, 4) is 5.75 Å². The van der Waals surface area contributed by atoms with Crippen LogP contribution in [0.4, 0.5) is 0 Å². The lowest BCUT2D eigenvalue weighted by Crippen LogP contribution is -1.96. The highest BCUT2D eigenvalue weighted by molar-refractivity contribution is 5.86. The SMILES string of the molecule is COc1cccc2c1ccn2Cc1ccc(C)o1. The van der Waals surface area contributed by atoms with E-state index in [0.717, 1.165) is 34.7 Å². The molecule has 2 aromatic heterocycles. The van der Waals surface area contributed by atoms with Crippen LogP contribution in [-0.2, 0) is 6.54 Å². The van der Waals surface area contributed by atoms with Gasteiger partial charge >= 0.3 is 0 Å². The van der Waals surface area contributed by atoms with Crippen molar-refractivity contribution in [3.63, 3.8) is 0 Å². The van der Waals surface area contributed by atoms with Crippen molar-refractivity contribution in [2.24, 2.45) is 0 Å². The Hall–Kier alpha value is -2.16.